The molecule has 1 aromatic rings. The second-order valence-corrected chi connectivity index (χ2v) is 6.26. The van der Waals surface area contributed by atoms with Crippen LogP contribution in [0, 0.1) is 0 Å². The molecule has 4 nitrogen and oxygen atoms in total. The summed E-state index contributed by atoms with van der Waals surface area (Å²) in [6.07, 6.45) is 6.05. The van der Waals surface area contributed by atoms with Crippen molar-refractivity contribution in [1.82, 2.24) is 10.3 Å². The standard InChI is InChI=1S/C15H26N2O2S/c1-3-7-17-14(10-13-11-16-12-20-13)15(19-4-2)5-8-18-9-6-15/h11-12,14,17H,3-10H2,1-2H3. The SMILES string of the molecule is CCCNC(Cc1cncs1)C1(OCC)CCOCC1. The summed E-state index contributed by atoms with van der Waals surface area (Å²) in [5.41, 5.74) is 1.82. The highest BCUT2D eigenvalue weighted by Crippen LogP contribution is 2.31. The lowest BCUT2D eigenvalue weighted by Gasteiger charge is -2.43. The Kier molecular flexibility index (Phi) is 6.42. The summed E-state index contributed by atoms with van der Waals surface area (Å²) in [6.45, 7) is 7.67. The van der Waals surface area contributed by atoms with E-state index in [-0.39, 0.29) is 5.60 Å². The van der Waals surface area contributed by atoms with Crippen molar-refractivity contribution in [3.63, 3.8) is 0 Å². The number of hydrogen-bond donors (Lipinski definition) is 1. The monoisotopic (exact) mass is 298 g/mol. The lowest BCUT2D eigenvalue weighted by molar-refractivity contribution is -0.126. The maximum Gasteiger partial charge on any atom is 0.0881 e. The van der Waals surface area contributed by atoms with Gasteiger partial charge in [0.1, 0.15) is 0 Å². The number of rotatable bonds is 8. The number of ether oxygens (including phenoxy) is 2. The highest BCUT2D eigenvalue weighted by atomic mass is 32.1. The highest BCUT2D eigenvalue weighted by Gasteiger charge is 2.41. The Morgan fingerprint density at radius 1 is 1.45 bits per heavy atom. The second kappa shape index (κ2) is 8.08. The first-order chi connectivity index (χ1) is 9.80. The van der Waals surface area contributed by atoms with Crippen LogP contribution in [0.1, 0.15) is 38.0 Å². The Morgan fingerprint density at radius 3 is 2.85 bits per heavy atom. The summed E-state index contributed by atoms with van der Waals surface area (Å²) in [5.74, 6) is 0. The molecule has 0 spiro atoms. The van der Waals surface area contributed by atoms with Gasteiger partial charge in [0.25, 0.3) is 0 Å². The predicted octanol–water partition coefficient (Wildman–Crippen LogP) is 2.64. The van der Waals surface area contributed by atoms with Crippen molar-refractivity contribution in [3.05, 3.63) is 16.6 Å². The Morgan fingerprint density at radius 2 is 2.25 bits per heavy atom. The van der Waals surface area contributed by atoms with Crippen LogP contribution in [-0.4, -0.2) is 43.0 Å². The quantitative estimate of drug-likeness (QED) is 0.801. The third kappa shape index (κ3) is 4.01. The smallest absolute Gasteiger partial charge is 0.0881 e. The topological polar surface area (TPSA) is 43.4 Å². The lowest BCUT2D eigenvalue weighted by atomic mass is 9.83. The van der Waals surface area contributed by atoms with Crippen LogP contribution < -0.4 is 5.32 Å². The van der Waals surface area contributed by atoms with Gasteiger partial charge in [-0.15, -0.1) is 11.3 Å². The third-order valence-corrected chi connectivity index (χ3v) is 4.74. The molecule has 2 rings (SSSR count). The highest BCUT2D eigenvalue weighted by molar-refractivity contribution is 7.09. The fourth-order valence-corrected chi connectivity index (χ4v) is 3.55. The van der Waals surface area contributed by atoms with Gasteiger partial charge in [-0.25, -0.2) is 0 Å². The normalized spacial score (nSPS) is 19.9. The van der Waals surface area contributed by atoms with Crippen LogP contribution in [0.5, 0.6) is 0 Å². The van der Waals surface area contributed by atoms with Crippen LogP contribution in [0.15, 0.2) is 11.7 Å². The number of hydrogen-bond acceptors (Lipinski definition) is 5. The molecule has 1 unspecified atom stereocenters. The molecule has 0 aromatic carbocycles. The van der Waals surface area contributed by atoms with Gasteiger partial charge >= 0.3 is 0 Å². The lowest BCUT2D eigenvalue weighted by Crippen LogP contribution is -2.56. The molecule has 1 aromatic heterocycles. The Bertz CT molecular complexity index is 358. The maximum atomic E-state index is 6.22. The van der Waals surface area contributed by atoms with E-state index in [1.54, 1.807) is 11.3 Å². The first kappa shape index (κ1) is 15.9. The molecule has 1 saturated heterocycles. The van der Waals surface area contributed by atoms with Crippen LogP contribution in [0.4, 0.5) is 0 Å². The second-order valence-electron chi connectivity index (χ2n) is 5.29. The van der Waals surface area contributed by atoms with Crippen LogP contribution >= 0.6 is 11.3 Å². The largest absolute Gasteiger partial charge is 0.381 e. The van der Waals surface area contributed by atoms with Crippen molar-refractivity contribution in [2.45, 2.75) is 51.2 Å². The molecule has 1 N–H and O–H groups in total. The minimum Gasteiger partial charge on any atom is -0.381 e. The number of nitrogens with one attached hydrogen (secondary N) is 1. The predicted molar refractivity (Wildman–Crippen MR) is 82.3 cm³/mol. The molecule has 1 aliphatic heterocycles. The first-order valence-corrected chi connectivity index (χ1v) is 8.51. The van der Waals surface area contributed by atoms with Gasteiger partial charge in [0.15, 0.2) is 0 Å². The number of nitrogens with zero attached hydrogens (tertiary/aromatic N) is 1. The van der Waals surface area contributed by atoms with Gasteiger partial charge in [0, 0.05) is 56.2 Å². The number of aromatic nitrogens is 1. The molecule has 0 bridgehead atoms. The Balaban J connectivity index is 2.12. The average molecular weight is 298 g/mol. The van der Waals surface area contributed by atoms with E-state index in [2.05, 4.69) is 24.1 Å². The molecule has 1 aliphatic rings. The van der Waals surface area contributed by atoms with E-state index in [4.69, 9.17) is 9.47 Å². The molecule has 0 amide bonds. The summed E-state index contributed by atoms with van der Waals surface area (Å²) in [5, 5.41) is 3.70. The van der Waals surface area contributed by atoms with Crippen molar-refractivity contribution in [2.24, 2.45) is 0 Å². The Hall–Kier alpha value is -0.490. The molecule has 114 valence electrons. The molecular weight excluding hydrogens is 272 g/mol. The maximum absolute atomic E-state index is 6.22. The molecule has 0 radical (unpaired) electrons. The summed E-state index contributed by atoms with van der Waals surface area (Å²) in [4.78, 5) is 5.52. The summed E-state index contributed by atoms with van der Waals surface area (Å²) in [7, 11) is 0. The van der Waals surface area contributed by atoms with E-state index in [9.17, 15) is 0 Å². The molecule has 1 atom stereocenters. The van der Waals surface area contributed by atoms with Gasteiger partial charge in [0.05, 0.1) is 11.1 Å². The molecule has 20 heavy (non-hydrogen) atoms. The first-order valence-electron chi connectivity index (χ1n) is 7.63. The summed E-state index contributed by atoms with van der Waals surface area (Å²) in [6, 6.07) is 0.340. The van der Waals surface area contributed by atoms with Crippen molar-refractivity contribution < 1.29 is 9.47 Å². The van der Waals surface area contributed by atoms with E-state index in [1.807, 2.05) is 11.7 Å². The molecular formula is C15H26N2O2S. The van der Waals surface area contributed by atoms with Crippen molar-refractivity contribution >= 4 is 11.3 Å². The van der Waals surface area contributed by atoms with Gasteiger partial charge in [-0.1, -0.05) is 6.92 Å². The van der Waals surface area contributed by atoms with E-state index < -0.39 is 0 Å². The average Bonchev–Trinajstić information content (AvgIpc) is 2.97. The molecule has 2 heterocycles. The van der Waals surface area contributed by atoms with E-state index in [1.165, 1.54) is 4.88 Å². The van der Waals surface area contributed by atoms with E-state index >= 15 is 0 Å². The third-order valence-electron chi connectivity index (χ3n) is 3.94. The van der Waals surface area contributed by atoms with Gasteiger partial charge < -0.3 is 14.8 Å². The molecule has 1 fully saturated rings. The molecule has 5 heteroatoms. The zero-order valence-corrected chi connectivity index (χ0v) is 13.4. The number of thiazole rings is 1. The minimum absolute atomic E-state index is 0.0911. The van der Waals surface area contributed by atoms with Gasteiger partial charge in [-0.2, -0.15) is 0 Å². The van der Waals surface area contributed by atoms with E-state index in [0.717, 1.165) is 52.0 Å². The van der Waals surface area contributed by atoms with Crippen LogP contribution in [0.3, 0.4) is 0 Å². The molecule has 0 saturated carbocycles. The zero-order valence-electron chi connectivity index (χ0n) is 12.6. The van der Waals surface area contributed by atoms with Crippen molar-refractivity contribution in [3.8, 4) is 0 Å². The van der Waals surface area contributed by atoms with Crippen molar-refractivity contribution in [2.75, 3.05) is 26.4 Å². The van der Waals surface area contributed by atoms with Crippen molar-refractivity contribution in [1.29, 1.82) is 0 Å². The van der Waals surface area contributed by atoms with Gasteiger partial charge in [0.2, 0.25) is 0 Å². The fraction of sp³-hybridized carbons (Fsp3) is 0.800. The zero-order chi connectivity index (χ0) is 14.3. The fourth-order valence-electron chi connectivity index (χ4n) is 2.90. The van der Waals surface area contributed by atoms with Gasteiger partial charge in [-0.05, 0) is 19.9 Å². The van der Waals surface area contributed by atoms with E-state index in [0.29, 0.717) is 6.04 Å². The van der Waals surface area contributed by atoms with Crippen LogP contribution in [0.25, 0.3) is 0 Å². The summed E-state index contributed by atoms with van der Waals surface area (Å²) >= 11 is 1.73. The Labute approximate surface area is 125 Å². The van der Waals surface area contributed by atoms with Gasteiger partial charge in [-0.3, -0.25) is 4.98 Å². The van der Waals surface area contributed by atoms with Crippen LogP contribution in [-0.2, 0) is 15.9 Å². The summed E-state index contributed by atoms with van der Waals surface area (Å²) < 4.78 is 11.8. The minimum atomic E-state index is -0.0911. The van der Waals surface area contributed by atoms with Crippen LogP contribution in [0.2, 0.25) is 0 Å². The molecule has 0 aliphatic carbocycles.